The molecule has 0 aliphatic heterocycles. The van der Waals surface area contributed by atoms with Gasteiger partial charge in [-0.25, -0.2) is 0 Å². The molecule has 0 spiro atoms. The lowest BCUT2D eigenvalue weighted by molar-refractivity contribution is -0.115. The molecule has 0 aromatic heterocycles. The van der Waals surface area contributed by atoms with Gasteiger partial charge in [-0.15, -0.1) is 6.58 Å². The zero-order valence-electron chi connectivity index (χ0n) is 10.7. The van der Waals surface area contributed by atoms with Crippen molar-refractivity contribution in [3.05, 3.63) is 48.6 Å². The number of thiocarbonyl (C=S) groups is 1. The van der Waals surface area contributed by atoms with Gasteiger partial charge >= 0.3 is 0 Å². The number of carbonyl (C=O) groups is 1. The van der Waals surface area contributed by atoms with Crippen molar-refractivity contribution >= 4 is 29.3 Å². The van der Waals surface area contributed by atoms with Crippen LogP contribution in [0.3, 0.4) is 0 Å². The van der Waals surface area contributed by atoms with Crippen LogP contribution in [0.4, 0.5) is 0 Å². The summed E-state index contributed by atoms with van der Waals surface area (Å²) in [5, 5.41) is 5.61. The second-order valence-electron chi connectivity index (χ2n) is 3.56. The molecule has 1 aromatic carbocycles. The van der Waals surface area contributed by atoms with E-state index in [4.69, 9.17) is 17.0 Å². The van der Waals surface area contributed by atoms with Crippen molar-refractivity contribution < 1.29 is 9.53 Å². The average Bonchev–Trinajstić information content (AvgIpc) is 2.43. The SMILES string of the molecule is C=CCNC(=S)NC(=O)C=Cc1ccccc1OC. The second kappa shape index (κ2) is 8.05. The number of para-hydroxylation sites is 1. The molecule has 0 bridgehead atoms. The Balaban J connectivity index is 2.58. The molecule has 19 heavy (non-hydrogen) atoms. The minimum Gasteiger partial charge on any atom is -0.496 e. The summed E-state index contributed by atoms with van der Waals surface area (Å²) in [6, 6.07) is 7.42. The van der Waals surface area contributed by atoms with Gasteiger partial charge in [0.05, 0.1) is 7.11 Å². The average molecular weight is 276 g/mol. The van der Waals surface area contributed by atoms with Gasteiger partial charge in [0.25, 0.3) is 0 Å². The first-order valence-electron chi connectivity index (χ1n) is 5.68. The van der Waals surface area contributed by atoms with E-state index in [0.717, 1.165) is 5.56 Å². The van der Waals surface area contributed by atoms with Crippen LogP contribution >= 0.6 is 12.2 Å². The summed E-state index contributed by atoms with van der Waals surface area (Å²) in [6.45, 7) is 4.05. The van der Waals surface area contributed by atoms with E-state index in [-0.39, 0.29) is 11.0 Å². The van der Waals surface area contributed by atoms with E-state index in [1.807, 2.05) is 24.3 Å². The second-order valence-corrected chi connectivity index (χ2v) is 3.97. The molecule has 0 aliphatic rings. The molecule has 0 saturated heterocycles. The molecule has 100 valence electrons. The van der Waals surface area contributed by atoms with Gasteiger partial charge in [-0.1, -0.05) is 24.3 Å². The molecular weight excluding hydrogens is 260 g/mol. The van der Waals surface area contributed by atoms with E-state index in [9.17, 15) is 4.79 Å². The van der Waals surface area contributed by atoms with Crippen LogP contribution in [-0.4, -0.2) is 24.7 Å². The number of nitrogens with one attached hydrogen (secondary N) is 2. The Hall–Kier alpha value is -2.14. The maximum absolute atomic E-state index is 11.6. The minimum atomic E-state index is -0.299. The molecule has 5 heteroatoms. The fraction of sp³-hybridized carbons (Fsp3) is 0.143. The van der Waals surface area contributed by atoms with Crippen LogP contribution in [-0.2, 0) is 4.79 Å². The predicted octanol–water partition coefficient (Wildman–Crippen LogP) is 1.89. The van der Waals surface area contributed by atoms with E-state index in [1.54, 1.807) is 19.3 Å². The van der Waals surface area contributed by atoms with Crippen LogP contribution in [0.15, 0.2) is 43.0 Å². The highest BCUT2D eigenvalue weighted by atomic mass is 32.1. The standard InChI is InChI=1S/C14H16N2O2S/c1-3-10-15-14(19)16-13(17)9-8-11-6-4-5-7-12(11)18-2/h3-9H,1,10H2,2H3,(H2,15,16,17,19). The number of rotatable bonds is 5. The molecule has 0 unspecified atom stereocenters. The van der Waals surface area contributed by atoms with Gasteiger partial charge < -0.3 is 10.1 Å². The van der Waals surface area contributed by atoms with Crippen molar-refractivity contribution in [2.45, 2.75) is 0 Å². The number of hydrogen-bond acceptors (Lipinski definition) is 3. The van der Waals surface area contributed by atoms with Crippen molar-refractivity contribution in [1.29, 1.82) is 0 Å². The van der Waals surface area contributed by atoms with E-state index in [2.05, 4.69) is 17.2 Å². The quantitative estimate of drug-likeness (QED) is 0.490. The summed E-state index contributed by atoms with van der Waals surface area (Å²) in [4.78, 5) is 11.6. The van der Waals surface area contributed by atoms with Gasteiger partial charge in [0.15, 0.2) is 5.11 Å². The molecule has 0 atom stereocenters. The third kappa shape index (κ3) is 5.35. The number of hydrogen-bond donors (Lipinski definition) is 2. The van der Waals surface area contributed by atoms with Crippen molar-refractivity contribution in [2.75, 3.05) is 13.7 Å². The Morgan fingerprint density at radius 3 is 2.89 bits per heavy atom. The zero-order valence-corrected chi connectivity index (χ0v) is 11.5. The van der Waals surface area contributed by atoms with Crippen molar-refractivity contribution in [3.63, 3.8) is 0 Å². The Bertz CT molecular complexity index is 498. The number of benzene rings is 1. The van der Waals surface area contributed by atoms with Crippen LogP contribution in [0.25, 0.3) is 6.08 Å². The number of methoxy groups -OCH3 is 1. The fourth-order valence-electron chi connectivity index (χ4n) is 1.33. The van der Waals surface area contributed by atoms with Gasteiger partial charge in [-0.05, 0) is 24.4 Å². The van der Waals surface area contributed by atoms with Crippen molar-refractivity contribution in [3.8, 4) is 5.75 Å². The van der Waals surface area contributed by atoms with E-state index in [1.165, 1.54) is 6.08 Å². The molecule has 1 amide bonds. The maximum Gasteiger partial charge on any atom is 0.250 e. The summed E-state index contributed by atoms with van der Waals surface area (Å²) in [7, 11) is 1.58. The fourth-order valence-corrected chi connectivity index (χ4v) is 1.52. The molecule has 1 aromatic rings. The van der Waals surface area contributed by atoms with Crippen LogP contribution in [0, 0.1) is 0 Å². The summed E-state index contributed by atoms with van der Waals surface area (Å²) < 4.78 is 5.18. The van der Waals surface area contributed by atoms with Crippen LogP contribution in [0.1, 0.15) is 5.56 Å². The third-order valence-corrected chi connectivity index (χ3v) is 2.44. The van der Waals surface area contributed by atoms with Gasteiger partial charge in [0, 0.05) is 18.2 Å². The van der Waals surface area contributed by atoms with E-state index >= 15 is 0 Å². The minimum absolute atomic E-state index is 0.273. The lowest BCUT2D eigenvalue weighted by atomic mass is 10.2. The Labute approximate surface area is 118 Å². The van der Waals surface area contributed by atoms with Crippen LogP contribution < -0.4 is 15.4 Å². The van der Waals surface area contributed by atoms with Crippen molar-refractivity contribution in [2.24, 2.45) is 0 Å². The molecule has 2 N–H and O–H groups in total. The Morgan fingerprint density at radius 2 is 2.21 bits per heavy atom. The van der Waals surface area contributed by atoms with E-state index in [0.29, 0.717) is 12.3 Å². The summed E-state index contributed by atoms with van der Waals surface area (Å²) in [5.41, 5.74) is 0.824. The number of ether oxygens (including phenoxy) is 1. The largest absolute Gasteiger partial charge is 0.496 e. The summed E-state index contributed by atoms with van der Waals surface area (Å²) in [6.07, 6.45) is 4.73. The smallest absolute Gasteiger partial charge is 0.250 e. The molecule has 0 aliphatic carbocycles. The number of carbonyl (C=O) groups excluding carboxylic acids is 1. The molecule has 4 nitrogen and oxygen atoms in total. The first-order valence-corrected chi connectivity index (χ1v) is 6.09. The summed E-state index contributed by atoms with van der Waals surface area (Å²) >= 11 is 4.93. The Morgan fingerprint density at radius 1 is 1.47 bits per heavy atom. The molecule has 0 heterocycles. The highest BCUT2D eigenvalue weighted by Gasteiger charge is 2.01. The summed E-state index contributed by atoms with van der Waals surface area (Å²) in [5.74, 6) is 0.409. The maximum atomic E-state index is 11.6. The highest BCUT2D eigenvalue weighted by Crippen LogP contribution is 2.18. The first-order chi connectivity index (χ1) is 9.17. The van der Waals surface area contributed by atoms with Gasteiger partial charge in [0.2, 0.25) is 5.91 Å². The predicted molar refractivity (Wildman–Crippen MR) is 81.0 cm³/mol. The third-order valence-electron chi connectivity index (χ3n) is 2.20. The number of amides is 1. The van der Waals surface area contributed by atoms with Gasteiger partial charge in [-0.2, -0.15) is 0 Å². The monoisotopic (exact) mass is 276 g/mol. The molecule has 0 saturated carbocycles. The Kier molecular flexibility index (Phi) is 6.32. The van der Waals surface area contributed by atoms with E-state index < -0.39 is 0 Å². The highest BCUT2D eigenvalue weighted by molar-refractivity contribution is 7.80. The van der Waals surface area contributed by atoms with Crippen LogP contribution in [0.5, 0.6) is 5.75 Å². The zero-order chi connectivity index (χ0) is 14.1. The molecule has 0 radical (unpaired) electrons. The normalized spacial score (nSPS) is 9.95. The van der Waals surface area contributed by atoms with Gasteiger partial charge in [-0.3, -0.25) is 10.1 Å². The lowest BCUT2D eigenvalue weighted by Gasteiger charge is -2.05. The van der Waals surface area contributed by atoms with Crippen LogP contribution in [0.2, 0.25) is 0 Å². The topological polar surface area (TPSA) is 50.4 Å². The lowest BCUT2D eigenvalue weighted by Crippen LogP contribution is -2.38. The van der Waals surface area contributed by atoms with Gasteiger partial charge in [0.1, 0.15) is 5.75 Å². The molecule has 1 rings (SSSR count). The first kappa shape index (κ1) is 14.9. The molecule has 0 fully saturated rings. The van der Waals surface area contributed by atoms with Crippen molar-refractivity contribution in [1.82, 2.24) is 10.6 Å². The molecular formula is C14H16N2O2S.